The van der Waals surface area contributed by atoms with Gasteiger partial charge in [-0.3, -0.25) is 4.79 Å². The molecule has 0 aliphatic heterocycles. The molecule has 3 nitrogen and oxygen atoms in total. The first kappa shape index (κ1) is 14.3. The molecule has 94 valence electrons. The van der Waals surface area contributed by atoms with E-state index in [1.807, 2.05) is 0 Å². The molecule has 0 fully saturated rings. The minimum absolute atomic E-state index is 0.0150. The van der Waals surface area contributed by atoms with Crippen molar-refractivity contribution in [3.05, 3.63) is 34.1 Å². The highest BCUT2D eigenvalue weighted by Crippen LogP contribution is 2.15. The fraction of sp³-hybridized carbons (Fsp3) is 0.417. The molecule has 0 aliphatic rings. The van der Waals surface area contributed by atoms with Crippen LogP contribution in [0.5, 0.6) is 0 Å². The fourth-order valence-electron chi connectivity index (χ4n) is 1.26. The number of ketones is 1. The third-order valence-electron chi connectivity index (χ3n) is 2.10. The molecule has 0 spiro atoms. The molecule has 17 heavy (non-hydrogen) atoms. The average Bonchev–Trinajstić information content (AvgIpc) is 2.28. The quantitative estimate of drug-likeness (QED) is 0.726. The molecule has 0 radical (unpaired) electrons. The van der Waals surface area contributed by atoms with Crippen LogP contribution in [0.1, 0.15) is 5.56 Å². The molecular formula is C12H14BrFO3. The molecule has 0 saturated carbocycles. The maximum atomic E-state index is 13.4. The molecule has 0 atom stereocenters. The summed E-state index contributed by atoms with van der Waals surface area (Å²) in [5.74, 6) is -0.535. The van der Waals surface area contributed by atoms with Gasteiger partial charge in [-0.2, -0.15) is 0 Å². The molecule has 0 heterocycles. The van der Waals surface area contributed by atoms with Gasteiger partial charge in [0.05, 0.1) is 13.2 Å². The van der Waals surface area contributed by atoms with E-state index >= 15 is 0 Å². The second kappa shape index (κ2) is 7.53. The molecule has 0 unspecified atom stereocenters. The summed E-state index contributed by atoms with van der Waals surface area (Å²) >= 11 is 3.16. The Kier molecular flexibility index (Phi) is 6.32. The van der Waals surface area contributed by atoms with Crippen molar-refractivity contribution >= 4 is 21.7 Å². The van der Waals surface area contributed by atoms with Gasteiger partial charge < -0.3 is 9.47 Å². The Balaban J connectivity index is 2.40. The van der Waals surface area contributed by atoms with Gasteiger partial charge in [0, 0.05) is 18.0 Å². The van der Waals surface area contributed by atoms with Crippen molar-refractivity contribution in [1.29, 1.82) is 0 Å². The number of carbonyl (C=O) groups excluding carboxylic acids is 1. The summed E-state index contributed by atoms with van der Waals surface area (Å²) in [6.45, 7) is 0.795. The lowest BCUT2D eigenvalue weighted by molar-refractivity contribution is -0.123. The van der Waals surface area contributed by atoms with E-state index in [9.17, 15) is 9.18 Å². The standard InChI is InChI=1S/C12H14BrFO3/c1-16-4-5-17-8-11(15)6-9-2-3-10(13)7-12(9)14/h2-3,7H,4-6,8H2,1H3. The number of benzene rings is 1. The Morgan fingerprint density at radius 1 is 1.41 bits per heavy atom. The van der Waals surface area contributed by atoms with Crippen molar-refractivity contribution in [2.75, 3.05) is 26.9 Å². The van der Waals surface area contributed by atoms with E-state index in [1.165, 1.54) is 6.07 Å². The first-order valence-electron chi connectivity index (χ1n) is 5.16. The van der Waals surface area contributed by atoms with Crippen LogP contribution in [0.15, 0.2) is 22.7 Å². The molecule has 1 aromatic rings. The number of ether oxygens (including phenoxy) is 2. The lowest BCUT2D eigenvalue weighted by Gasteiger charge is -2.04. The van der Waals surface area contributed by atoms with Crippen molar-refractivity contribution < 1.29 is 18.7 Å². The van der Waals surface area contributed by atoms with Gasteiger partial charge in [0.2, 0.25) is 0 Å². The Bertz CT molecular complexity index is 382. The van der Waals surface area contributed by atoms with E-state index < -0.39 is 0 Å². The van der Waals surface area contributed by atoms with Gasteiger partial charge in [-0.25, -0.2) is 4.39 Å². The third kappa shape index (κ3) is 5.39. The lowest BCUT2D eigenvalue weighted by Crippen LogP contribution is -2.14. The Hall–Kier alpha value is -0.780. The second-order valence-corrected chi connectivity index (χ2v) is 4.41. The Labute approximate surface area is 108 Å². The summed E-state index contributed by atoms with van der Waals surface area (Å²) in [5, 5.41) is 0. The number of rotatable bonds is 7. The number of methoxy groups -OCH3 is 1. The Morgan fingerprint density at radius 3 is 2.82 bits per heavy atom. The van der Waals surface area contributed by atoms with E-state index in [-0.39, 0.29) is 24.6 Å². The number of hydrogen-bond donors (Lipinski definition) is 0. The van der Waals surface area contributed by atoms with Crippen molar-refractivity contribution in [2.24, 2.45) is 0 Å². The predicted molar refractivity (Wildman–Crippen MR) is 65.5 cm³/mol. The summed E-state index contributed by atoms with van der Waals surface area (Å²) in [4.78, 5) is 11.5. The molecule has 0 bridgehead atoms. The summed E-state index contributed by atoms with van der Waals surface area (Å²) in [6, 6.07) is 4.64. The zero-order valence-corrected chi connectivity index (χ0v) is 11.1. The smallest absolute Gasteiger partial charge is 0.162 e. The lowest BCUT2D eigenvalue weighted by atomic mass is 10.1. The van der Waals surface area contributed by atoms with Crippen LogP contribution in [0.2, 0.25) is 0 Å². The van der Waals surface area contributed by atoms with Crippen molar-refractivity contribution in [3.8, 4) is 0 Å². The average molecular weight is 305 g/mol. The minimum atomic E-state index is -0.385. The molecule has 5 heteroatoms. The van der Waals surface area contributed by atoms with Gasteiger partial charge in [0.1, 0.15) is 12.4 Å². The predicted octanol–water partition coefficient (Wildman–Crippen LogP) is 2.36. The van der Waals surface area contributed by atoms with Crippen LogP contribution < -0.4 is 0 Å². The van der Waals surface area contributed by atoms with E-state index in [0.717, 1.165) is 0 Å². The molecule has 1 aromatic carbocycles. The zero-order valence-electron chi connectivity index (χ0n) is 9.54. The number of Topliss-reactive ketones (excluding diaryl/α,β-unsaturated/α-hetero) is 1. The van der Waals surface area contributed by atoms with E-state index in [4.69, 9.17) is 9.47 Å². The number of halogens is 2. The normalized spacial score (nSPS) is 10.5. The van der Waals surface area contributed by atoms with E-state index in [2.05, 4.69) is 15.9 Å². The molecular weight excluding hydrogens is 291 g/mol. The second-order valence-electron chi connectivity index (χ2n) is 3.50. The summed E-state index contributed by atoms with van der Waals surface area (Å²) in [6.07, 6.45) is 0.0477. The van der Waals surface area contributed by atoms with Crippen molar-refractivity contribution in [2.45, 2.75) is 6.42 Å². The SMILES string of the molecule is COCCOCC(=O)Cc1ccc(Br)cc1F. The van der Waals surface area contributed by atoms with Gasteiger partial charge in [-0.1, -0.05) is 22.0 Å². The zero-order chi connectivity index (χ0) is 12.7. The largest absolute Gasteiger partial charge is 0.382 e. The van der Waals surface area contributed by atoms with Crippen molar-refractivity contribution in [3.63, 3.8) is 0 Å². The van der Waals surface area contributed by atoms with Crippen LogP contribution in [0.3, 0.4) is 0 Å². The Morgan fingerprint density at radius 2 is 2.18 bits per heavy atom. The van der Waals surface area contributed by atoms with Gasteiger partial charge in [0.25, 0.3) is 0 Å². The minimum Gasteiger partial charge on any atom is -0.382 e. The highest BCUT2D eigenvalue weighted by molar-refractivity contribution is 9.10. The maximum Gasteiger partial charge on any atom is 0.162 e. The number of carbonyl (C=O) groups is 1. The number of hydrogen-bond acceptors (Lipinski definition) is 3. The van der Waals surface area contributed by atoms with Gasteiger partial charge in [0.15, 0.2) is 5.78 Å². The first-order chi connectivity index (χ1) is 8.13. The van der Waals surface area contributed by atoms with Gasteiger partial charge >= 0.3 is 0 Å². The van der Waals surface area contributed by atoms with Crippen LogP contribution in [0, 0.1) is 5.82 Å². The van der Waals surface area contributed by atoms with Gasteiger partial charge in [-0.05, 0) is 17.7 Å². The van der Waals surface area contributed by atoms with Crippen LogP contribution >= 0.6 is 15.9 Å². The maximum absolute atomic E-state index is 13.4. The van der Waals surface area contributed by atoms with Crippen LogP contribution in [0.25, 0.3) is 0 Å². The fourth-order valence-corrected chi connectivity index (χ4v) is 1.59. The summed E-state index contributed by atoms with van der Waals surface area (Å²) < 4.78 is 23.9. The van der Waals surface area contributed by atoms with E-state index in [1.54, 1.807) is 19.2 Å². The highest BCUT2D eigenvalue weighted by Gasteiger charge is 2.08. The van der Waals surface area contributed by atoms with Crippen LogP contribution in [-0.4, -0.2) is 32.7 Å². The molecule has 0 amide bonds. The molecule has 0 N–H and O–H groups in total. The summed E-state index contributed by atoms with van der Waals surface area (Å²) in [5.41, 5.74) is 0.383. The van der Waals surface area contributed by atoms with Crippen LogP contribution in [-0.2, 0) is 20.7 Å². The highest BCUT2D eigenvalue weighted by atomic mass is 79.9. The van der Waals surface area contributed by atoms with Gasteiger partial charge in [-0.15, -0.1) is 0 Å². The van der Waals surface area contributed by atoms with E-state index in [0.29, 0.717) is 23.2 Å². The molecule has 0 aromatic heterocycles. The first-order valence-corrected chi connectivity index (χ1v) is 5.95. The monoisotopic (exact) mass is 304 g/mol. The van der Waals surface area contributed by atoms with Crippen LogP contribution in [0.4, 0.5) is 4.39 Å². The molecule has 0 aliphatic carbocycles. The topological polar surface area (TPSA) is 35.5 Å². The molecule has 1 rings (SSSR count). The molecule has 0 saturated heterocycles. The van der Waals surface area contributed by atoms with Crippen molar-refractivity contribution in [1.82, 2.24) is 0 Å². The third-order valence-corrected chi connectivity index (χ3v) is 2.59. The summed E-state index contributed by atoms with van der Waals surface area (Å²) in [7, 11) is 1.56.